The predicted molar refractivity (Wildman–Crippen MR) is 120 cm³/mol. The molecule has 9 nitrogen and oxygen atoms in total. The summed E-state index contributed by atoms with van der Waals surface area (Å²) in [6, 6.07) is 4.13. The second kappa shape index (κ2) is 8.85. The van der Waals surface area contributed by atoms with E-state index >= 15 is 0 Å². The van der Waals surface area contributed by atoms with E-state index in [2.05, 4.69) is 20.6 Å². The summed E-state index contributed by atoms with van der Waals surface area (Å²) < 4.78 is 34.5. The quantitative estimate of drug-likeness (QED) is 0.362. The molecule has 0 spiro atoms. The van der Waals surface area contributed by atoms with Gasteiger partial charge in [0.2, 0.25) is 5.89 Å². The molecule has 4 aromatic rings. The number of hydrogen-bond donors (Lipinski definition) is 3. The lowest BCUT2D eigenvalue weighted by Crippen LogP contribution is -2.39. The second-order valence-electron chi connectivity index (χ2n) is 8.53. The Bertz CT molecular complexity index is 1360. The molecule has 0 radical (unpaired) electrons. The topological polar surface area (TPSA) is 126 Å². The van der Waals surface area contributed by atoms with Gasteiger partial charge in [0.05, 0.1) is 17.0 Å². The van der Waals surface area contributed by atoms with Gasteiger partial charge in [0.1, 0.15) is 34.3 Å². The van der Waals surface area contributed by atoms with E-state index in [9.17, 15) is 23.8 Å². The van der Waals surface area contributed by atoms with Gasteiger partial charge in [0.25, 0.3) is 5.91 Å². The van der Waals surface area contributed by atoms with Crippen LogP contribution in [0.5, 0.6) is 0 Å². The van der Waals surface area contributed by atoms with Crippen LogP contribution in [0.2, 0.25) is 0 Å². The summed E-state index contributed by atoms with van der Waals surface area (Å²) in [4.78, 5) is 17.8. The molecule has 0 saturated heterocycles. The number of carbonyl (C=O) groups excluding carboxylic acids is 1. The van der Waals surface area contributed by atoms with Crippen LogP contribution in [0.15, 0.2) is 28.8 Å². The third-order valence-corrected chi connectivity index (χ3v) is 6.40. The number of halogens is 2. The lowest BCUT2D eigenvalue weighted by atomic mass is 10.0. The van der Waals surface area contributed by atoms with E-state index < -0.39 is 35.3 Å². The minimum absolute atomic E-state index is 0.0439. The van der Waals surface area contributed by atoms with Crippen molar-refractivity contribution >= 4 is 27.5 Å². The Balaban J connectivity index is 1.74. The fourth-order valence-electron chi connectivity index (χ4n) is 3.28. The third-order valence-electron chi connectivity index (χ3n) is 5.26. The number of nitrogens with one attached hydrogen (secondary N) is 1. The number of amides is 1. The van der Waals surface area contributed by atoms with Gasteiger partial charge >= 0.3 is 0 Å². The highest BCUT2D eigenvalue weighted by molar-refractivity contribution is 7.20. The molecule has 3 aromatic heterocycles. The number of benzene rings is 1. The molecular weight excluding hydrogens is 468 g/mol. The van der Waals surface area contributed by atoms with Crippen molar-refractivity contribution in [2.45, 2.75) is 52.0 Å². The second-order valence-corrected chi connectivity index (χ2v) is 9.56. The highest BCUT2D eigenvalue weighted by Crippen LogP contribution is 2.36. The Morgan fingerprint density at radius 1 is 1.32 bits per heavy atom. The molecule has 34 heavy (non-hydrogen) atoms. The van der Waals surface area contributed by atoms with Crippen molar-refractivity contribution in [2.24, 2.45) is 0 Å². The maximum atomic E-state index is 14.6. The first-order valence-electron chi connectivity index (χ1n) is 10.4. The van der Waals surface area contributed by atoms with Gasteiger partial charge in [-0.1, -0.05) is 5.16 Å². The Kier molecular flexibility index (Phi) is 6.23. The van der Waals surface area contributed by atoms with Gasteiger partial charge in [-0.15, -0.1) is 11.3 Å². The van der Waals surface area contributed by atoms with Crippen LogP contribution in [0.25, 0.3) is 21.5 Å². The minimum atomic E-state index is -1.42. The number of carbonyl (C=O) groups is 1. The summed E-state index contributed by atoms with van der Waals surface area (Å²) in [5, 5.41) is 31.9. The molecule has 180 valence electrons. The van der Waals surface area contributed by atoms with E-state index in [1.165, 1.54) is 24.6 Å². The van der Waals surface area contributed by atoms with Crippen molar-refractivity contribution in [1.82, 2.24) is 25.2 Å². The fraction of sp³-hybridized carbons (Fsp3) is 0.364. The average molecular weight is 492 g/mol. The van der Waals surface area contributed by atoms with Gasteiger partial charge in [0.15, 0.2) is 5.82 Å². The van der Waals surface area contributed by atoms with Crippen LogP contribution < -0.4 is 5.32 Å². The molecule has 2 atom stereocenters. The third kappa shape index (κ3) is 4.69. The molecular formula is C22H23F2N5O4S. The molecule has 1 unspecified atom stereocenters. The number of thiophene rings is 1. The number of nitrogens with zero attached hydrogens (tertiary/aromatic N) is 4. The van der Waals surface area contributed by atoms with Crippen LogP contribution in [0.3, 0.4) is 0 Å². The van der Waals surface area contributed by atoms with Gasteiger partial charge in [-0.2, -0.15) is 10.1 Å². The summed E-state index contributed by atoms with van der Waals surface area (Å²) in [7, 11) is 0. The largest absolute Gasteiger partial charge is 0.388 e. The van der Waals surface area contributed by atoms with E-state index in [-0.39, 0.29) is 23.7 Å². The van der Waals surface area contributed by atoms with E-state index in [1.807, 2.05) is 0 Å². The first-order valence-corrected chi connectivity index (χ1v) is 11.2. The van der Waals surface area contributed by atoms with Crippen molar-refractivity contribution in [3.63, 3.8) is 0 Å². The number of aryl methyl sites for hydroxylation is 1. The molecule has 3 heterocycles. The molecule has 0 aliphatic rings. The molecule has 0 fully saturated rings. The highest BCUT2D eigenvalue weighted by atomic mass is 32.1. The Morgan fingerprint density at radius 3 is 2.68 bits per heavy atom. The lowest BCUT2D eigenvalue weighted by molar-refractivity contribution is -0.0560. The summed E-state index contributed by atoms with van der Waals surface area (Å²) in [5.41, 5.74) is -1.19. The molecule has 12 heteroatoms. The molecule has 0 aliphatic heterocycles. The number of hydrogen-bond acceptors (Lipinski definition) is 8. The van der Waals surface area contributed by atoms with Crippen LogP contribution in [-0.4, -0.2) is 47.7 Å². The minimum Gasteiger partial charge on any atom is -0.388 e. The van der Waals surface area contributed by atoms with E-state index in [0.717, 1.165) is 23.5 Å². The zero-order valence-electron chi connectivity index (χ0n) is 18.8. The van der Waals surface area contributed by atoms with E-state index in [0.29, 0.717) is 20.9 Å². The summed E-state index contributed by atoms with van der Waals surface area (Å²) in [5.74, 6) is -1.28. The smallest absolute Gasteiger partial charge is 0.262 e. The maximum Gasteiger partial charge on any atom is 0.262 e. The molecule has 3 N–H and O–H groups in total. The van der Waals surface area contributed by atoms with Crippen molar-refractivity contribution in [2.75, 3.05) is 0 Å². The zero-order chi connectivity index (χ0) is 24.8. The Morgan fingerprint density at radius 2 is 2.06 bits per heavy atom. The van der Waals surface area contributed by atoms with Gasteiger partial charge in [-0.05, 0) is 45.9 Å². The monoisotopic (exact) mass is 491 g/mol. The standard InChI is InChI=1S/C22H23F2N5O4S/c1-10(20-26-11(2)28-33-20)25-19(31)16-8-14-18(13-6-5-12(23)7-15(13)24)27-29(21(14)34-16)9-17(30)22(3,4)32/h5-8,10,17,30,32H,9H2,1-4H3,(H,25,31)/t10-,17?/m1/s1. The SMILES string of the molecule is Cc1noc([C@@H](C)NC(=O)c2cc3c(-c4ccc(F)cc4F)nn(CC(O)C(C)(C)O)c3s2)n1. The van der Waals surface area contributed by atoms with Crippen molar-refractivity contribution in [3.05, 3.63) is 52.5 Å². The van der Waals surface area contributed by atoms with Crippen LogP contribution in [0, 0.1) is 18.6 Å². The number of rotatable bonds is 7. The number of aliphatic hydroxyl groups excluding tert-OH is 1. The van der Waals surface area contributed by atoms with Gasteiger partial charge in [-0.25, -0.2) is 8.78 Å². The first-order chi connectivity index (χ1) is 15.9. The predicted octanol–water partition coefficient (Wildman–Crippen LogP) is 3.36. The first kappa shape index (κ1) is 23.9. The van der Waals surface area contributed by atoms with Crippen molar-refractivity contribution in [3.8, 4) is 11.3 Å². The van der Waals surface area contributed by atoms with Crippen LogP contribution in [0.1, 0.15) is 48.2 Å². The number of aromatic nitrogens is 4. The normalized spacial score (nSPS) is 13.9. The van der Waals surface area contributed by atoms with Crippen LogP contribution in [-0.2, 0) is 6.54 Å². The number of aliphatic hydroxyl groups is 2. The molecule has 4 rings (SSSR count). The fourth-order valence-corrected chi connectivity index (χ4v) is 4.31. The van der Waals surface area contributed by atoms with Crippen LogP contribution in [0.4, 0.5) is 8.78 Å². The molecule has 0 bridgehead atoms. The van der Waals surface area contributed by atoms with Crippen molar-refractivity contribution < 1.29 is 28.3 Å². The number of fused-ring (bicyclic) bond motifs is 1. The van der Waals surface area contributed by atoms with Gasteiger partial charge in [0, 0.05) is 17.0 Å². The summed E-state index contributed by atoms with van der Waals surface area (Å²) in [6.07, 6.45) is -1.19. The van der Waals surface area contributed by atoms with E-state index in [1.54, 1.807) is 19.9 Å². The Labute approximate surface area is 197 Å². The molecule has 1 amide bonds. The maximum absolute atomic E-state index is 14.6. The van der Waals surface area contributed by atoms with Crippen LogP contribution >= 0.6 is 11.3 Å². The lowest BCUT2D eigenvalue weighted by Gasteiger charge is -2.24. The highest BCUT2D eigenvalue weighted by Gasteiger charge is 2.28. The summed E-state index contributed by atoms with van der Waals surface area (Å²) in [6.45, 7) is 6.15. The molecule has 0 aliphatic carbocycles. The van der Waals surface area contributed by atoms with Gasteiger partial charge in [-0.3, -0.25) is 9.48 Å². The van der Waals surface area contributed by atoms with Gasteiger partial charge < -0.3 is 20.1 Å². The van der Waals surface area contributed by atoms with Crippen molar-refractivity contribution in [1.29, 1.82) is 0 Å². The Hall–Kier alpha value is -3.22. The van der Waals surface area contributed by atoms with E-state index in [4.69, 9.17) is 4.52 Å². The average Bonchev–Trinajstić information content (AvgIpc) is 3.44. The zero-order valence-corrected chi connectivity index (χ0v) is 19.7. The molecule has 1 aromatic carbocycles. The summed E-state index contributed by atoms with van der Waals surface area (Å²) >= 11 is 1.08. The molecule has 0 saturated carbocycles.